The van der Waals surface area contributed by atoms with E-state index in [0.717, 1.165) is 18.4 Å². The van der Waals surface area contributed by atoms with Crippen molar-refractivity contribution in [2.45, 2.75) is 32.0 Å². The van der Waals surface area contributed by atoms with Crippen molar-refractivity contribution in [3.05, 3.63) is 77.6 Å². The molecule has 3 heterocycles. The molecule has 1 fully saturated rings. The molecule has 10 nitrogen and oxygen atoms in total. The van der Waals surface area contributed by atoms with E-state index in [4.69, 9.17) is 23.9 Å². The number of amides is 1. The van der Waals surface area contributed by atoms with Gasteiger partial charge in [0.05, 0.1) is 57.1 Å². The number of anilines is 2. The number of ether oxygens (including phenoxy) is 4. The number of hydrogen-bond acceptors (Lipinski definition) is 8. The first-order chi connectivity index (χ1) is 19.5. The Bertz CT molecular complexity index is 1490. The molecule has 2 aromatic heterocycles. The minimum absolute atomic E-state index is 0.0747. The number of carbonyl (C=O) groups is 2. The van der Waals surface area contributed by atoms with Crippen molar-refractivity contribution >= 4 is 34.3 Å². The topological polar surface area (TPSA) is 113 Å². The van der Waals surface area contributed by atoms with Crippen LogP contribution < -0.4 is 20.1 Å². The molecule has 0 bridgehead atoms. The van der Waals surface area contributed by atoms with Gasteiger partial charge in [0.1, 0.15) is 17.1 Å². The molecular formula is C30H32N4O6. The van der Waals surface area contributed by atoms with Gasteiger partial charge in [-0.3, -0.25) is 4.79 Å². The zero-order valence-corrected chi connectivity index (χ0v) is 22.7. The first-order valence-corrected chi connectivity index (χ1v) is 13.1. The van der Waals surface area contributed by atoms with Gasteiger partial charge in [-0.05, 0) is 43.2 Å². The van der Waals surface area contributed by atoms with Crippen molar-refractivity contribution in [3.63, 3.8) is 0 Å². The Labute approximate surface area is 232 Å². The second-order valence-corrected chi connectivity index (χ2v) is 9.37. The van der Waals surface area contributed by atoms with E-state index in [1.807, 2.05) is 30.3 Å². The molecule has 0 spiro atoms. The van der Waals surface area contributed by atoms with E-state index < -0.39 is 5.97 Å². The lowest BCUT2D eigenvalue weighted by Gasteiger charge is -2.15. The van der Waals surface area contributed by atoms with E-state index in [9.17, 15) is 9.59 Å². The van der Waals surface area contributed by atoms with Crippen LogP contribution in [0.1, 0.15) is 39.3 Å². The molecular weight excluding hydrogens is 512 g/mol. The molecule has 1 amide bonds. The lowest BCUT2D eigenvalue weighted by atomic mass is 10.1. The normalized spacial score (nSPS) is 14.6. The summed E-state index contributed by atoms with van der Waals surface area (Å²) in [6, 6.07) is 16.3. The summed E-state index contributed by atoms with van der Waals surface area (Å²) in [7, 11) is 4.54. The van der Waals surface area contributed by atoms with Crippen molar-refractivity contribution in [2.75, 3.05) is 38.6 Å². The van der Waals surface area contributed by atoms with Gasteiger partial charge in [0.2, 0.25) is 0 Å². The van der Waals surface area contributed by atoms with Crippen LogP contribution in [-0.2, 0) is 22.6 Å². The molecule has 0 saturated carbocycles. The van der Waals surface area contributed by atoms with E-state index in [1.54, 1.807) is 49.2 Å². The monoisotopic (exact) mass is 544 g/mol. The Kier molecular flexibility index (Phi) is 8.16. The van der Waals surface area contributed by atoms with Gasteiger partial charge in [-0.15, -0.1) is 0 Å². The van der Waals surface area contributed by atoms with Crippen LogP contribution in [0.5, 0.6) is 11.5 Å². The number of nitrogens with zero attached hydrogens (tertiary/aromatic N) is 2. The fraction of sp³-hybridized carbons (Fsp3) is 0.300. The number of pyridine rings is 1. The second-order valence-electron chi connectivity index (χ2n) is 9.37. The summed E-state index contributed by atoms with van der Waals surface area (Å²) in [5.41, 5.74) is 3.08. The van der Waals surface area contributed by atoms with Crippen molar-refractivity contribution < 1.29 is 28.5 Å². The van der Waals surface area contributed by atoms with Crippen LogP contribution in [0, 0.1) is 0 Å². The smallest absolute Gasteiger partial charge is 0.356 e. The SMILES string of the molecule is COC(=O)c1c(NC(=O)c2ccccc2)c2cc(NCc3c(OC)cccc3OC)cnc2n1C[C@@H]1CCCO1. The molecule has 0 unspecified atom stereocenters. The zero-order valence-electron chi connectivity index (χ0n) is 22.7. The standard InChI is InChI=1S/C30H32N4O6/c1-37-24-12-7-13-25(38-2)23(24)17-31-20-15-22-26(33-29(35)19-9-5-4-6-10-19)27(30(36)39-3)34(28(22)32-16-20)18-21-11-8-14-40-21/h4-7,9-10,12-13,15-16,21,31H,8,11,14,17-18H2,1-3H3,(H,33,35)/t21-/m0/s1. The molecule has 0 radical (unpaired) electrons. The van der Waals surface area contributed by atoms with Crippen molar-refractivity contribution in [2.24, 2.45) is 0 Å². The zero-order chi connectivity index (χ0) is 28.1. The Morgan fingerprint density at radius 3 is 2.45 bits per heavy atom. The Morgan fingerprint density at radius 1 is 1.05 bits per heavy atom. The summed E-state index contributed by atoms with van der Waals surface area (Å²) in [5.74, 6) is 0.450. The molecule has 1 atom stereocenters. The molecule has 1 saturated heterocycles. The largest absolute Gasteiger partial charge is 0.496 e. The maximum Gasteiger partial charge on any atom is 0.356 e. The van der Waals surface area contributed by atoms with Gasteiger partial charge in [0, 0.05) is 24.1 Å². The van der Waals surface area contributed by atoms with Crippen LogP contribution in [0.15, 0.2) is 60.8 Å². The molecule has 2 N–H and O–H groups in total. The van der Waals surface area contributed by atoms with E-state index in [0.29, 0.717) is 59.2 Å². The number of carbonyl (C=O) groups excluding carboxylic acids is 2. The van der Waals surface area contributed by atoms with E-state index in [2.05, 4.69) is 10.6 Å². The molecule has 40 heavy (non-hydrogen) atoms. The molecule has 0 aliphatic carbocycles. The van der Waals surface area contributed by atoms with E-state index in [-0.39, 0.29) is 17.7 Å². The van der Waals surface area contributed by atoms with Crippen LogP contribution in [0.2, 0.25) is 0 Å². The number of fused-ring (bicyclic) bond motifs is 1. The van der Waals surface area contributed by atoms with Gasteiger partial charge in [-0.1, -0.05) is 24.3 Å². The molecule has 10 heteroatoms. The molecule has 1 aliphatic heterocycles. The van der Waals surface area contributed by atoms with E-state index in [1.165, 1.54) is 7.11 Å². The van der Waals surface area contributed by atoms with Gasteiger partial charge in [0.15, 0.2) is 5.69 Å². The van der Waals surface area contributed by atoms with E-state index >= 15 is 0 Å². The Hall–Kier alpha value is -4.57. The summed E-state index contributed by atoms with van der Waals surface area (Å²) >= 11 is 0. The summed E-state index contributed by atoms with van der Waals surface area (Å²) in [5, 5.41) is 6.93. The molecule has 4 aromatic rings. The fourth-order valence-electron chi connectivity index (χ4n) is 4.99. The number of benzene rings is 2. The first kappa shape index (κ1) is 27.0. The molecule has 1 aliphatic rings. The molecule has 208 valence electrons. The fourth-order valence-corrected chi connectivity index (χ4v) is 4.99. The van der Waals surface area contributed by atoms with Crippen molar-refractivity contribution in [3.8, 4) is 11.5 Å². The van der Waals surface area contributed by atoms with Gasteiger partial charge in [-0.25, -0.2) is 9.78 Å². The van der Waals surface area contributed by atoms with Crippen molar-refractivity contribution in [1.82, 2.24) is 9.55 Å². The number of aromatic nitrogens is 2. The summed E-state index contributed by atoms with van der Waals surface area (Å²) < 4.78 is 23.9. The van der Waals surface area contributed by atoms with Crippen LogP contribution in [0.4, 0.5) is 11.4 Å². The number of methoxy groups -OCH3 is 3. The quantitative estimate of drug-likeness (QED) is 0.272. The maximum absolute atomic E-state index is 13.3. The average molecular weight is 545 g/mol. The van der Waals surface area contributed by atoms with Gasteiger partial charge < -0.3 is 34.1 Å². The summed E-state index contributed by atoms with van der Waals surface area (Å²) in [6.45, 7) is 1.47. The lowest BCUT2D eigenvalue weighted by molar-refractivity contribution is 0.0580. The van der Waals surface area contributed by atoms with Crippen molar-refractivity contribution in [1.29, 1.82) is 0 Å². The lowest BCUT2D eigenvalue weighted by Crippen LogP contribution is -2.21. The highest BCUT2D eigenvalue weighted by molar-refractivity contribution is 6.14. The number of esters is 1. The predicted molar refractivity (Wildman–Crippen MR) is 151 cm³/mol. The third-order valence-electron chi connectivity index (χ3n) is 6.96. The minimum atomic E-state index is -0.576. The summed E-state index contributed by atoms with van der Waals surface area (Å²) in [6.07, 6.45) is 3.43. The highest BCUT2D eigenvalue weighted by Gasteiger charge is 2.29. The Morgan fingerprint density at radius 2 is 1.80 bits per heavy atom. The average Bonchev–Trinajstić information content (AvgIpc) is 3.62. The highest BCUT2D eigenvalue weighted by atomic mass is 16.5. The second kappa shape index (κ2) is 12.1. The van der Waals surface area contributed by atoms with Crippen LogP contribution in [-0.4, -0.2) is 55.5 Å². The summed E-state index contributed by atoms with van der Waals surface area (Å²) in [4.78, 5) is 31.1. The van der Waals surface area contributed by atoms with Gasteiger partial charge in [-0.2, -0.15) is 0 Å². The molecule has 2 aromatic carbocycles. The van der Waals surface area contributed by atoms with Crippen LogP contribution >= 0.6 is 0 Å². The third-order valence-corrected chi connectivity index (χ3v) is 6.96. The number of nitrogens with one attached hydrogen (secondary N) is 2. The van der Waals surface area contributed by atoms with Gasteiger partial charge in [0.25, 0.3) is 5.91 Å². The molecule has 5 rings (SSSR count). The predicted octanol–water partition coefficient (Wildman–Crippen LogP) is 4.88. The number of hydrogen-bond donors (Lipinski definition) is 2. The minimum Gasteiger partial charge on any atom is -0.496 e. The maximum atomic E-state index is 13.3. The van der Waals surface area contributed by atoms with Crippen LogP contribution in [0.25, 0.3) is 11.0 Å². The first-order valence-electron chi connectivity index (χ1n) is 13.1. The third kappa shape index (κ3) is 5.43. The van der Waals surface area contributed by atoms with Crippen LogP contribution in [0.3, 0.4) is 0 Å². The number of rotatable bonds is 10. The Balaban J connectivity index is 1.58. The van der Waals surface area contributed by atoms with Gasteiger partial charge >= 0.3 is 5.97 Å². The highest BCUT2D eigenvalue weighted by Crippen LogP contribution is 2.35.